The zero-order valence-electron chi connectivity index (χ0n) is 12.3. The molecular weight excluding hydrogens is 288 g/mol. The molecule has 1 heterocycles. The van der Waals surface area contributed by atoms with E-state index < -0.39 is 0 Å². The number of hydrogen-bond donors (Lipinski definition) is 1. The smallest absolute Gasteiger partial charge is 0.140 e. The summed E-state index contributed by atoms with van der Waals surface area (Å²) in [7, 11) is 3.34. The van der Waals surface area contributed by atoms with E-state index in [1.807, 2.05) is 30.5 Å². The molecule has 0 saturated carbocycles. The molecule has 0 aliphatic rings. The van der Waals surface area contributed by atoms with E-state index in [1.165, 1.54) is 4.88 Å². The van der Waals surface area contributed by atoms with Gasteiger partial charge in [-0.15, -0.1) is 11.3 Å². The van der Waals surface area contributed by atoms with E-state index in [4.69, 9.17) is 14.2 Å². The van der Waals surface area contributed by atoms with Crippen molar-refractivity contribution >= 4 is 11.3 Å². The first-order chi connectivity index (χ1) is 10.3. The molecule has 0 atom stereocenters. The van der Waals surface area contributed by atoms with Crippen molar-refractivity contribution in [2.75, 3.05) is 27.4 Å². The Balaban J connectivity index is 1.76. The van der Waals surface area contributed by atoms with Gasteiger partial charge in [-0.05, 0) is 24.3 Å². The highest BCUT2D eigenvalue weighted by atomic mass is 32.1. The monoisotopic (exact) mass is 308 g/mol. The fraction of sp³-hybridized carbons (Fsp3) is 0.400. The van der Waals surface area contributed by atoms with Crippen molar-refractivity contribution in [2.24, 2.45) is 0 Å². The molecule has 5 nitrogen and oxygen atoms in total. The van der Waals surface area contributed by atoms with Gasteiger partial charge in [0, 0.05) is 31.3 Å². The van der Waals surface area contributed by atoms with Gasteiger partial charge < -0.3 is 19.5 Å². The van der Waals surface area contributed by atoms with Gasteiger partial charge in [0.05, 0.1) is 13.7 Å². The number of nitrogens with one attached hydrogen (secondary N) is 1. The fourth-order valence-corrected chi connectivity index (χ4v) is 2.50. The third-order valence-electron chi connectivity index (χ3n) is 2.81. The highest BCUT2D eigenvalue weighted by Gasteiger charge is 2.03. The van der Waals surface area contributed by atoms with E-state index in [0.29, 0.717) is 13.2 Å². The SMILES string of the molecule is COCCNCc1cnc(COc2ccc(OC)cc2)s1. The summed E-state index contributed by atoms with van der Waals surface area (Å²) in [4.78, 5) is 5.56. The first-order valence-electron chi connectivity index (χ1n) is 6.72. The number of methoxy groups -OCH3 is 2. The molecule has 0 aliphatic carbocycles. The number of benzene rings is 1. The molecule has 0 spiro atoms. The summed E-state index contributed by atoms with van der Waals surface area (Å²) in [6.07, 6.45) is 1.89. The average molecular weight is 308 g/mol. The summed E-state index contributed by atoms with van der Waals surface area (Å²) in [5.74, 6) is 1.63. The van der Waals surface area contributed by atoms with Gasteiger partial charge in [-0.1, -0.05) is 0 Å². The van der Waals surface area contributed by atoms with Crippen molar-refractivity contribution in [1.29, 1.82) is 0 Å². The molecule has 114 valence electrons. The van der Waals surface area contributed by atoms with E-state index in [-0.39, 0.29) is 0 Å². The van der Waals surface area contributed by atoms with E-state index in [0.717, 1.165) is 29.6 Å². The Morgan fingerprint density at radius 2 is 1.90 bits per heavy atom. The lowest BCUT2D eigenvalue weighted by molar-refractivity contribution is 0.199. The maximum atomic E-state index is 5.70. The van der Waals surface area contributed by atoms with Gasteiger partial charge in [0.25, 0.3) is 0 Å². The first kappa shape index (κ1) is 15.8. The highest BCUT2D eigenvalue weighted by Crippen LogP contribution is 2.19. The predicted octanol–water partition coefficient (Wildman–Crippen LogP) is 2.47. The Morgan fingerprint density at radius 1 is 1.14 bits per heavy atom. The van der Waals surface area contributed by atoms with Crippen LogP contribution < -0.4 is 14.8 Å². The molecule has 6 heteroatoms. The molecule has 1 aromatic heterocycles. The Bertz CT molecular complexity index is 528. The number of nitrogens with zero attached hydrogens (tertiary/aromatic N) is 1. The molecule has 0 fully saturated rings. The summed E-state index contributed by atoms with van der Waals surface area (Å²) in [6.45, 7) is 2.84. The van der Waals surface area contributed by atoms with Crippen LogP contribution in [0.3, 0.4) is 0 Å². The maximum Gasteiger partial charge on any atom is 0.140 e. The second-order valence-electron chi connectivity index (χ2n) is 4.35. The lowest BCUT2D eigenvalue weighted by Crippen LogP contribution is -2.17. The minimum Gasteiger partial charge on any atom is -0.497 e. The lowest BCUT2D eigenvalue weighted by Gasteiger charge is -2.05. The molecule has 2 rings (SSSR count). The van der Waals surface area contributed by atoms with Crippen LogP contribution in [0.15, 0.2) is 30.5 Å². The number of aromatic nitrogens is 1. The second-order valence-corrected chi connectivity index (χ2v) is 5.55. The first-order valence-corrected chi connectivity index (χ1v) is 7.53. The summed E-state index contributed by atoms with van der Waals surface area (Å²) in [6, 6.07) is 7.53. The fourth-order valence-electron chi connectivity index (χ4n) is 1.70. The zero-order valence-corrected chi connectivity index (χ0v) is 13.1. The quantitative estimate of drug-likeness (QED) is 0.721. The van der Waals surface area contributed by atoms with Gasteiger partial charge in [0.2, 0.25) is 0 Å². The predicted molar refractivity (Wildman–Crippen MR) is 83.0 cm³/mol. The lowest BCUT2D eigenvalue weighted by atomic mass is 10.3. The Morgan fingerprint density at radius 3 is 2.62 bits per heavy atom. The number of thiazole rings is 1. The molecule has 0 radical (unpaired) electrons. The highest BCUT2D eigenvalue weighted by molar-refractivity contribution is 7.11. The summed E-state index contributed by atoms with van der Waals surface area (Å²) in [5.41, 5.74) is 0. The number of ether oxygens (including phenoxy) is 3. The molecule has 1 aromatic carbocycles. The van der Waals surface area contributed by atoms with Crippen molar-refractivity contribution in [3.8, 4) is 11.5 Å². The van der Waals surface area contributed by atoms with Gasteiger partial charge in [0.15, 0.2) is 0 Å². The molecule has 1 N–H and O–H groups in total. The normalized spacial score (nSPS) is 10.6. The van der Waals surface area contributed by atoms with Gasteiger partial charge >= 0.3 is 0 Å². The van der Waals surface area contributed by atoms with Crippen molar-refractivity contribution in [2.45, 2.75) is 13.2 Å². The topological polar surface area (TPSA) is 52.6 Å². The van der Waals surface area contributed by atoms with E-state index >= 15 is 0 Å². The van der Waals surface area contributed by atoms with Crippen LogP contribution in [0.2, 0.25) is 0 Å². The largest absolute Gasteiger partial charge is 0.497 e. The van der Waals surface area contributed by atoms with Crippen LogP contribution in [0, 0.1) is 0 Å². The molecule has 2 aromatic rings. The Labute approximate surface area is 128 Å². The number of rotatable bonds is 9. The second kappa shape index (κ2) is 8.61. The van der Waals surface area contributed by atoms with Gasteiger partial charge in [-0.2, -0.15) is 0 Å². The van der Waals surface area contributed by atoms with Crippen LogP contribution in [0.5, 0.6) is 11.5 Å². The van der Waals surface area contributed by atoms with Crippen molar-refractivity contribution in [3.63, 3.8) is 0 Å². The van der Waals surface area contributed by atoms with Crippen LogP contribution in [-0.4, -0.2) is 32.4 Å². The standard InChI is InChI=1S/C15H20N2O3S/c1-18-8-7-16-9-14-10-17-15(21-14)11-20-13-5-3-12(19-2)4-6-13/h3-6,10,16H,7-9,11H2,1-2H3. The molecule has 0 unspecified atom stereocenters. The minimum atomic E-state index is 0.481. The number of hydrogen-bond acceptors (Lipinski definition) is 6. The molecule has 21 heavy (non-hydrogen) atoms. The van der Waals surface area contributed by atoms with Gasteiger partial charge in [-0.3, -0.25) is 0 Å². The Kier molecular flexibility index (Phi) is 6.46. The summed E-state index contributed by atoms with van der Waals surface area (Å²) < 4.78 is 15.8. The molecule has 0 bridgehead atoms. The van der Waals surface area contributed by atoms with Crippen molar-refractivity contribution < 1.29 is 14.2 Å². The summed E-state index contributed by atoms with van der Waals surface area (Å²) >= 11 is 1.65. The minimum absolute atomic E-state index is 0.481. The van der Waals surface area contributed by atoms with E-state index in [2.05, 4.69) is 10.3 Å². The summed E-state index contributed by atoms with van der Waals surface area (Å²) in [5, 5.41) is 4.26. The maximum absolute atomic E-state index is 5.70. The molecule has 0 amide bonds. The molecule has 0 saturated heterocycles. The zero-order chi connectivity index (χ0) is 14.9. The van der Waals surface area contributed by atoms with E-state index in [9.17, 15) is 0 Å². The molecule has 0 aliphatic heterocycles. The van der Waals surface area contributed by atoms with Crippen LogP contribution in [0.25, 0.3) is 0 Å². The van der Waals surface area contributed by atoms with Crippen molar-refractivity contribution in [3.05, 3.63) is 40.3 Å². The van der Waals surface area contributed by atoms with Crippen molar-refractivity contribution in [1.82, 2.24) is 10.3 Å². The van der Waals surface area contributed by atoms with E-state index in [1.54, 1.807) is 25.6 Å². The van der Waals surface area contributed by atoms with Crippen LogP contribution in [0.1, 0.15) is 9.88 Å². The third kappa shape index (κ3) is 5.34. The van der Waals surface area contributed by atoms with Crippen LogP contribution >= 0.6 is 11.3 Å². The van der Waals surface area contributed by atoms with Gasteiger partial charge in [0.1, 0.15) is 23.1 Å². The Hall–Kier alpha value is -1.63. The van der Waals surface area contributed by atoms with Crippen LogP contribution in [-0.2, 0) is 17.9 Å². The van der Waals surface area contributed by atoms with Crippen LogP contribution in [0.4, 0.5) is 0 Å². The molecular formula is C15H20N2O3S. The van der Waals surface area contributed by atoms with Gasteiger partial charge in [-0.25, -0.2) is 4.98 Å². The third-order valence-corrected chi connectivity index (χ3v) is 3.78. The average Bonchev–Trinajstić information content (AvgIpc) is 2.98.